The van der Waals surface area contributed by atoms with E-state index < -0.39 is 41.6 Å². The molecule has 0 unspecified atom stereocenters. The number of carboxylic acid groups (broad SMARTS) is 1. The lowest BCUT2D eigenvalue weighted by Crippen LogP contribution is -2.55. The summed E-state index contributed by atoms with van der Waals surface area (Å²) in [6.45, 7) is 5.76. The first-order valence-corrected chi connectivity index (χ1v) is 14.8. The Balaban J connectivity index is 1.53. The van der Waals surface area contributed by atoms with Gasteiger partial charge in [-0.25, -0.2) is 0 Å². The first-order chi connectivity index (χ1) is 21.5. The number of nitrogens with one attached hydrogen (secondary N) is 2. The predicted molar refractivity (Wildman–Crippen MR) is 164 cm³/mol. The Morgan fingerprint density at radius 3 is 2.51 bits per heavy atom. The lowest BCUT2D eigenvalue weighted by atomic mass is 10.0. The van der Waals surface area contributed by atoms with E-state index in [-0.39, 0.29) is 42.7 Å². The van der Waals surface area contributed by atoms with E-state index >= 15 is 0 Å². The number of aryl methyl sites for hydroxylation is 1. The maximum absolute atomic E-state index is 13.7. The number of hydrogen-bond acceptors (Lipinski definition) is 8. The van der Waals surface area contributed by atoms with Gasteiger partial charge in [-0.3, -0.25) is 24.0 Å². The predicted octanol–water partition coefficient (Wildman–Crippen LogP) is 3.31. The van der Waals surface area contributed by atoms with Crippen molar-refractivity contribution in [1.29, 1.82) is 0 Å². The first-order valence-electron chi connectivity index (χ1n) is 14.8. The topological polar surface area (TPSA) is 172 Å². The Kier molecular flexibility index (Phi) is 11.0. The van der Waals surface area contributed by atoms with Gasteiger partial charge in [0.15, 0.2) is 0 Å². The van der Waals surface area contributed by atoms with Crippen molar-refractivity contribution in [3.63, 3.8) is 0 Å². The molecule has 0 bridgehead atoms. The van der Waals surface area contributed by atoms with Gasteiger partial charge in [0.05, 0.1) is 18.5 Å². The number of carbonyl (C=O) groups is 5. The van der Waals surface area contributed by atoms with Crippen LogP contribution in [0.15, 0.2) is 64.8 Å². The third-order valence-corrected chi connectivity index (χ3v) is 7.38. The average molecular weight is 616 g/mol. The summed E-state index contributed by atoms with van der Waals surface area (Å²) in [5.74, 6) is -3.66. The third kappa shape index (κ3) is 8.94. The van der Waals surface area contributed by atoms with Crippen molar-refractivity contribution in [2.45, 2.75) is 65.0 Å². The van der Waals surface area contributed by atoms with Crippen LogP contribution in [0.3, 0.4) is 0 Å². The van der Waals surface area contributed by atoms with Gasteiger partial charge in [-0.05, 0) is 42.9 Å². The van der Waals surface area contributed by atoms with E-state index in [2.05, 4.69) is 20.8 Å². The van der Waals surface area contributed by atoms with Crippen LogP contribution in [-0.4, -0.2) is 68.2 Å². The van der Waals surface area contributed by atoms with Crippen LogP contribution in [0, 0.1) is 12.8 Å². The molecule has 1 fully saturated rings. The summed E-state index contributed by atoms with van der Waals surface area (Å²) in [4.78, 5) is 69.8. The fraction of sp³-hybridized carbons (Fsp3) is 0.364. The lowest BCUT2D eigenvalue weighted by molar-refractivity contribution is -0.142. The van der Waals surface area contributed by atoms with Gasteiger partial charge in [-0.1, -0.05) is 79.2 Å². The van der Waals surface area contributed by atoms with E-state index in [0.717, 1.165) is 11.1 Å². The molecule has 12 nitrogen and oxygen atoms in total. The standard InChI is InChI=1S/C33H37N5O7/c1-20(2)29(35-26(39)14-15-28(40)41)33(44)38-16-8-13-25(38)32(43)34-24(18-22-10-5-4-6-11-22)30(42)31-36-27(45-37-31)19-23-12-7-9-21(3)17-23/h4-7,9-12,17-18,20,25,29H,8,13-16,19H2,1-3H3,(H,34,43)(H,35,39)(H,40,41)/t25-,29-/m0/s1. The van der Waals surface area contributed by atoms with Crippen LogP contribution in [0.5, 0.6) is 0 Å². The molecule has 1 aliphatic rings. The highest BCUT2D eigenvalue weighted by Crippen LogP contribution is 2.22. The highest BCUT2D eigenvalue weighted by atomic mass is 16.5. The summed E-state index contributed by atoms with van der Waals surface area (Å²) in [6, 6.07) is 14.9. The summed E-state index contributed by atoms with van der Waals surface area (Å²) in [5.41, 5.74) is 2.57. The van der Waals surface area contributed by atoms with E-state index in [4.69, 9.17) is 9.63 Å². The Hall–Kier alpha value is -5.13. The molecule has 4 rings (SSSR count). The first kappa shape index (κ1) is 32.8. The fourth-order valence-electron chi connectivity index (χ4n) is 5.09. The number of benzene rings is 2. The second-order valence-electron chi connectivity index (χ2n) is 11.3. The maximum atomic E-state index is 13.7. The van der Waals surface area contributed by atoms with Crippen molar-refractivity contribution in [1.82, 2.24) is 25.7 Å². The van der Waals surface area contributed by atoms with Gasteiger partial charge in [0.1, 0.15) is 12.1 Å². The number of nitrogens with zero attached hydrogens (tertiary/aromatic N) is 3. The smallest absolute Gasteiger partial charge is 0.303 e. The lowest BCUT2D eigenvalue weighted by Gasteiger charge is -2.30. The molecule has 0 aliphatic carbocycles. The summed E-state index contributed by atoms with van der Waals surface area (Å²) < 4.78 is 5.35. The quantitative estimate of drug-likeness (QED) is 0.193. The number of carbonyl (C=O) groups excluding carboxylic acids is 4. The van der Waals surface area contributed by atoms with Crippen LogP contribution in [-0.2, 0) is 25.6 Å². The molecule has 2 heterocycles. The van der Waals surface area contributed by atoms with Crippen LogP contribution < -0.4 is 10.6 Å². The Labute approximate surface area is 260 Å². The molecule has 3 amide bonds. The minimum Gasteiger partial charge on any atom is -0.481 e. The van der Waals surface area contributed by atoms with Crippen molar-refractivity contribution in [2.75, 3.05) is 6.54 Å². The summed E-state index contributed by atoms with van der Waals surface area (Å²) in [7, 11) is 0. The molecule has 0 spiro atoms. The zero-order valence-corrected chi connectivity index (χ0v) is 25.5. The summed E-state index contributed by atoms with van der Waals surface area (Å²) in [6.07, 6.45) is 2.10. The number of aliphatic carboxylic acids is 1. The van der Waals surface area contributed by atoms with E-state index in [9.17, 15) is 24.0 Å². The number of amides is 3. The summed E-state index contributed by atoms with van der Waals surface area (Å²) >= 11 is 0. The van der Waals surface area contributed by atoms with Crippen LogP contribution >= 0.6 is 0 Å². The molecule has 236 valence electrons. The second kappa shape index (κ2) is 15.0. The van der Waals surface area contributed by atoms with Crippen molar-refractivity contribution < 1.29 is 33.6 Å². The second-order valence-corrected chi connectivity index (χ2v) is 11.3. The largest absolute Gasteiger partial charge is 0.481 e. The van der Waals surface area contributed by atoms with Gasteiger partial charge in [0, 0.05) is 13.0 Å². The third-order valence-electron chi connectivity index (χ3n) is 7.38. The number of rotatable bonds is 13. The van der Waals surface area contributed by atoms with Gasteiger partial charge in [-0.15, -0.1) is 0 Å². The number of Topliss-reactive ketones (excluding diaryl/α,β-unsaturated/α-hetero) is 1. The molecular weight excluding hydrogens is 578 g/mol. The number of ketones is 1. The zero-order chi connectivity index (χ0) is 32.5. The fourth-order valence-corrected chi connectivity index (χ4v) is 5.09. The average Bonchev–Trinajstić information content (AvgIpc) is 3.69. The van der Waals surface area contributed by atoms with Gasteiger partial charge < -0.3 is 25.2 Å². The zero-order valence-electron chi connectivity index (χ0n) is 25.5. The number of carboxylic acids is 1. The summed E-state index contributed by atoms with van der Waals surface area (Å²) in [5, 5.41) is 18.1. The SMILES string of the molecule is Cc1cccc(Cc2nc(C(=O)C(=Cc3ccccc3)NC(=O)[C@@H]3CCCN3C(=O)[C@@H](NC(=O)CCC(=O)O)C(C)C)no2)c1. The van der Waals surface area contributed by atoms with Crippen molar-refractivity contribution in [2.24, 2.45) is 5.92 Å². The van der Waals surface area contributed by atoms with Crippen LogP contribution in [0.2, 0.25) is 0 Å². The van der Waals surface area contributed by atoms with E-state index in [1.165, 1.54) is 11.0 Å². The Bertz CT molecular complexity index is 1580. The maximum Gasteiger partial charge on any atom is 0.303 e. The molecule has 3 N–H and O–H groups in total. The molecule has 1 saturated heterocycles. The highest BCUT2D eigenvalue weighted by Gasteiger charge is 2.39. The number of allylic oxidation sites excluding steroid dienone is 1. The molecule has 0 saturated carbocycles. The van der Waals surface area contributed by atoms with E-state index in [1.54, 1.807) is 38.1 Å². The monoisotopic (exact) mass is 615 g/mol. The molecule has 12 heteroatoms. The molecule has 1 aromatic heterocycles. The normalized spacial score (nSPS) is 15.5. The number of hydrogen-bond donors (Lipinski definition) is 3. The van der Waals surface area contributed by atoms with Crippen LogP contribution in [0.4, 0.5) is 0 Å². The van der Waals surface area contributed by atoms with Crippen LogP contribution in [0.25, 0.3) is 6.08 Å². The molecule has 1 aliphatic heterocycles. The van der Waals surface area contributed by atoms with Gasteiger partial charge in [0.25, 0.3) is 0 Å². The minimum atomic E-state index is -1.12. The molecule has 0 radical (unpaired) electrons. The Morgan fingerprint density at radius 1 is 1.07 bits per heavy atom. The molecule has 2 aromatic carbocycles. The molecule has 3 aromatic rings. The van der Waals surface area contributed by atoms with E-state index in [1.807, 2.05) is 37.3 Å². The van der Waals surface area contributed by atoms with E-state index in [0.29, 0.717) is 24.8 Å². The van der Waals surface area contributed by atoms with Gasteiger partial charge in [0.2, 0.25) is 35.2 Å². The molecular formula is C33H37N5O7. The van der Waals surface area contributed by atoms with Crippen molar-refractivity contribution >= 4 is 35.6 Å². The van der Waals surface area contributed by atoms with Gasteiger partial charge >= 0.3 is 5.97 Å². The van der Waals surface area contributed by atoms with Gasteiger partial charge in [-0.2, -0.15) is 4.98 Å². The molecule has 2 atom stereocenters. The minimum absolute atomic E-state index is 0.0872. The highest BCUT2D eigenvalue weighted by molar-refractivity contribution is 6.11. The Morgan fingerprint density at radius 2 is 1.82 bits per heavy atom. The van der Waals surface area contributed by atoms with Crippen molar-refractivity contribution in [3.05, 3.63) is 88.7 Å². The van der Waals surface area contributed by atoms with Crippen molar-refractivity contribution in [3.8, 4) is 0 Å². The van der Waals surface area contributed by atoms with Crippen LogP contribution in [0.1, 0.15) is 72.7 Å². The number of aromatic nitrogens is 2. The molecule has 45 heavy (non-hydrogen) atoms. The number of likely N-dealkylation sites (tertiary alicyclic amines) is 1.